The van der Waals surface area contributed by atoms with Crippen molar-refractivity contribution >= 4 is 15.7 Å². The normalized spacial score (nSPS) is 19.3. The molecule has 0 unspecified atom stereocenters. The molecule has 0 saturated carbocycles. The van der Waals surface area contributed by atoms with Crippen LogP contribution in [0.5, 0.6) is 5.75 Å². The number of ether oxygens (including phenoxy) is 2. The van der Waals surface area contributed by atoms with Gasteiger partial charge in [-0.3, -0.25) is 4.79 Å². The van der Waals surface area contributed by atoms with Crippen molar-refractivity contribution in [2.24, 2.45) is 0 Å². The van der Waals surface area contributed by atoms with E-state index in [-0.39, 0.29) is 12.6 Å². The SMILES string of the molecule is C[C@@H](C(=O)NCc1ccc(OC[C@@H]2CCCO2)cc1)S(C)(=O)=O. The largest absolute Gasteiger partial charge is 0.491 e. The van der Waals surface area contributed by atoms with Gasteiger partial charge in [0.25, 0.3) is 0 Å². The molecule has 6 nitrogen and oxygen atoms in total. The zero-order valence-corrected chi connectivity index (χ0v) is 14.3. The van der Waals surface area contributed by atoms with Crippen LogP contribution in [-0.4, -0.2) is 45.1 Å². The summed E-state index contributed by atoms with van der Waals surface area (Å²) in [6.45, 7) is 3.01. The number of nitrogens with one attached hydrogen (secondary N) is 1. The van der Waals surface area contributed by atoms with E-state index in [1.54, 1.807) is 0 Å². The number of amides is 1. The molecule has 1 aliphatic heterocycles. The number of sulfone groups is 1. The van der Waals surface area contributed by atoms with Gasteiger partial charge >= 0.3 is 0 Å². The molecule has 0 spiro atoms. The molecule has 1 amide bonds. The highest BCUT2D eigenvalue weighted by atomic mass is 32.2. The second-order valence-electron chi connectivity index (χ2n) is 5.78. The molecule has 1 aromatic rings. The highest BCUT2D eigenvalue weighted by Gasteiger charge is 2.23. The molecule has 2 atom stereocenters. The van der Waals surface area contributed by atoms with Crippen LogP contribution in [0.2, 0.25) is 0 Å². The summed E-state index contributed by atoms with van der Waals surface area (Å²) >= 11 is 0. The lowest BCUT2D eigenvalue weighted by Crippen LogP contribution is -2.36. The van der Waals surface area contributed by atoms with E-state index in [1.165, 1.54) is 6.92 Å². The van der Waals surface area contributed by atoms with Gasteiger partial charge in [-0.15, -0.1) is 0 Å². The number of carbonyl (C=O) groups is 1. The van der Waals surface area contributed by atoms with E-state index in [9.17, 15) is 13.2 Å². The van der Waals surface area contributed by atoms with E-state index in [0.29, 0.717) is 6.61 Å². The minimum atomic E-state index is -3.37. The topological polar surface area (TPSA) is 81.7 Å². The summed E-state index contributed by atoms with van der Waals surface area (Å²) < 4.78 is 33.8. The molecule has 1 aliphatic rings. The Balaban J connectivity index is 1.79. The van der Waals surface area contributed by atoms with Gasteiger partial charge in [0.05, 0.1) is 6.10 Å². The van der Waals surface area contributed by atoms with Gasteiger partial charge in [0.15, 0.2) is 9.84 Å². The van der Waals surface area contributed by atoms with E-state index >= 15 is 0 Å². The van der Waals surface area contributed by atoms with Crippen molar-refractivity contribution in [3.8, 4) is 5.75 Å². The summed E-state index contributed by atoms with van der Waals surface area (Å²) in [4.78, 5) is 11.8. The Labute approximate surface area is 137 Å². The van der Waals surface area contributed by atoms with Crippen LogP contribution in [0.15, 0.2) is 24.3 Å². The Bertz CT molecular complexity index is 620. The van der Waals surface area contributed by atoms with Crippen LogP contribution in [-0.2, 0) is 25.9 Å². The lowest BCUT2D eigenvalue weighted by atomic mass is 10.2. The minimum absolute atomic E-state index is 0.173. The molecule has 1 fully saturated rings. The monoisotopic (exact) mass is 341 g/mol. The van der Waals surface area contributed by atoms with E-state index in [0.717, 1.165) is 37.0 Å². The summed E-state index contributed by atoms with van der Waals surface area (Å²) in [7, 11) is -3.37. The fourth-order valence-electron chi connectivity index (χ4n) is 2.20. The van der Waals surface area contributed by atoms with Crippen LogP contribution in [0.1, 0.15) is 25.3 Å². The quantitative estimate of drug-likeness (QED) is 0.808. The molecule has 128 valence electrons. The Kier molecular flexibility index (Phi) is 6.01. The molecule has 23 heavy (non-hydrogen) atoms. The van der Waals surface area contributed by atoms with Crippen LogP contribution < -0.4 is 10.1 Å². The lowest BCUT2D eigenvalue weighted by Gasteiger charge is -2.12. The van der Waals surface area contributed by atoms with Crippen LogP contribution in [0.25, 0.3) is 0 Å². The summed E-state index contributed by atoms with van der Waals surface area (Å²) in [5.74, 6) is 0.256. The third-order valence-electron chi connectivity index (χ3n) is 3.86. The van der Waals surface area contributed by atoms with Crippen molar-refractivity contribution in [3.63, 3.8) is 0 Å². The molecule has 7 heteroatoms. The molecule has 0 aromatic heterocycles. The fourth-order valence-corrected chi connectivity index (χ4v) is 2.67. The molecule has 1 N–H and O–H groups in total. The van der Waals surface area contributed by atoms with Crippen molar-refractivity contribution in [2.75, 3.05) is 19.5 Å². The number of hydrogen-bond acceptors (Lipinski definition) is 5. The van der Waals surface area contributed by atoms with Gasteiger partial charge in [-0.05, 0) is 37.5 Å². The van der Waals surface area contributed by atoms with Crippen molar-refractivity contribution in [1.82, 2.24) is 5.32 Å². The molecule has 1 aromatic carbocycles. The van der Waals surface area contributed by atoms with E-state index < -0.39 is 21.0 Å². The third-order valence-corrected chi connectivity index (χ3v) is 5.36. The molecule has 1 saturated heterocycles. The Morgan fingerprint density at radius 2 is 2.09 bits per heavy atom. The first-order chi connectivity index (χ1) is 10.9. The average Bonchev–Trinajstić information content (AvgIpc) is 3.03. The summed E-state index contributed by atoms with van der Waals surface area (Å²) in [6, 6.07) is 7.35. The van der Waals surface area contributed by atoms with Gasteiger partial charge in [-0.2, -0.15) is 0 Å². The highest BCUT2D eigenvalue weighted by molar-refractivity contribution is 7.92. The molecule has 0 aliphatic carbocycles. The number of carbonyl (C=O) groups excluding carboxylic acids is 1. The zero-order valence-electron chi connectivity index (χ0n) is 13.4. The first-order valence-corrected chi connectivity index (χ1v) is 9.61. The number of benzene rings is 1. The molecule has 1 heterocycles. The van der Waals surface area contributed by atoms with E-state index in [1.807, 2.05) is 24.3 Å². The smallest absolute Gasteiger partial charge is 0.238 e. The van der Waals surface area contributed by atoms with E-state index in [2.05, 4.69) is 5.32 Å². The highest BCUT2D eigenvalue weighted by Crippen LogP contribution is 2.16. The second kappa shape index (κ2) is 7.79. The molecule has 0 bridgehead atoms. The standard InChI is InChI=1S/C16H23NO5S/c1-12(23(2,19)20)16(18)17-10-13-5-7-14(8-6-13)22-11-15-4-3-9-21-15/h5-8,12,15H,3-4,9-11H2,1-2H3,(H,17,18)/t12-,15-/m0/s1. The fraction of sp³-hybridized carbons (Fsp3) is 0.562. The van der Waals surface area contributed by atoms with Gasteiger partial charge in [0, 0.05) is 19.4 Å². The van der Waals surface area contributed by atoms with Gasteiger partial charge in [0.2, 0.25) is 5.91 Å². The van der Waals surface area contributed by atoms with Gasteiger partial charge in [0.1, 0.15) is 17.6 Å². The summed E-state index contributed by atoms with van der Waals surface area (Å²) in [6.07, 6.45) is 3.34. The van der Waals surface area contributed by atoms with Crippen molar-refractivity contribution in [2.45, 2.75) is 37.7 Å². The van der Waals surface area contributed by atoms with Gasteiger partial charge in [-0.1, -0.05) is 12.1 Å². The van der Waals surface area contributed by atoms with Crippen molar-refractivity contribution in [1.29, 1.82) is 0 Å². The third kappa shape index (κ3) is 5.51. The number of hydrogen-bond donors (Lipinski definition) is 1. The minimum Gasteiger partial charge on any atom is -0.491 e. The first kappa shape index (κ1) is 17.7. The zero-order chi connectivity index (χ0) is 16.9. The maximum Gasteiger partial charge on any atom is 0.238 e. The lowest BCUT2D eigenvalue weighted by molar-refractivity contribution is -0.120. The van der Waals surface area contributed by atoms with E-state index in [4.69, 9.17) is 9.47 Å². The maximum absolute atomic E-state index is 11.8. The predicted octanol–water partition coefficient (Wildman–Crippen LogP) is 1.29. The predicted molar refractivity (Wildman–Crippen MR) is 87.1 cm³/mol. The van der Waals surface area contributed by atoms with Crippen LogP contribution in [0, 0.1) is 0 Å². The second-order valence-corrected chi connectivity index (χ2v) is 8.15. The summed E-state index contributed by atoms with van der Waals surface area (Å²) in [5.41, 5.74) is 0.878. The molecule has 2 rings (SSSR count). The van der Waals surface area contributed by atoms with Gasteiger partial charge < -0.3 is 14.8 Å². The van der Waals surface area contributed by atoms with Crippen molar-refractivity contribution in [3.05, 3.63) is 29.8 Å². The first-order valence-electron chi connectivity index (χ1n) is 7.66. The molecular formula is C16H23NO5S. The van der Waals surface area contributed by atoms with Crippen molar-refractivity contribution < 1.29 is 22.7 Å². The van der Waals surface area contributed by atoms with Crippen LogP contribution in [0.4, 0.5) is 0 Å². The van der Waals surface area contributed by atoms with Crippen LogP contribution >= 0.6 is 0 Å². The Hall–Kier alpha value is -1.60. The maximum atomic E-state index is 11.8. The average molecular weight is 341 g/mol. The molecular weight excluding hydrogens is 318 g/mol. The summed E-state index contributed by atoms with van der Waals surface area (Å²) in [5, 5.41) is 1.58. The molecule has 0 radical (unpaired) electrons. The van der Waals surface area contributed by atoms with Crippen LogP contribution in [0.3, 0.4) is 0 Å². The Morgan fingerprint density at radius 3 is 2.65 bits per heavy atom. The van der Waals surface area contributed by atoms with Gasteiger partial charge in [-0.25, -0.2) is 8.42 Å². The number of rotatable bonds is 7. The Morgan fingerprint density at radius 1 is 1.39 bits per heavy atom.